The Morgan fingerprint density at radius 1 is 1.15 bits per heavy atom. The first-order valence-corrected chi connectivity index (χ1v) is 8.49. The summed E-state index contributed by atoms with van der Waals surface area (Å²) >= 11 is 1.59. The molecule has 20 heavy (non-hydrogen) atoms. The minimum absolute atomic E-state index is 0.182. The number of rotatable bonds is 5. The van der Waals surface area contributed by atoms with Gasteiger partial charge >= 0.3 is 0 Å². The Morgan fingerprint density at radius 3 is 2.45 bits per heavy atom. The Balaban J connectivity index is 2.15. The zero-order valence-corrected chi connectivity index (χ0v) is 12.7. The zero-order chi connectivity index (χ0) is 14.6. The highest BCUT2D eigenvalue weighted by Gasteiger charge is 2.13. The molecule has 0 radical (unpaired) electrons. The minimum Gasteiger partial charge on any atom is -0.398 e. The predicted molar refractivity (Wildman–Crippen MR) is 83.1 cm³/mol. The third-order valence-electron chi connectivity index (χ3n) is 2.80. The molecular weight excluding hydrogens is 292 g/mol. The molecule has 4 nitrogen and oxygen atoms in total. The Labute approximate surface area is 123 Å². The van der Waals surface area contributed by atoms with Crippen LogP contribution in [0.5, 0.6) is 0 Å². The van der Waals surface area contributed by atoms with Crippen LogP contribution in [0.15, 0.2) is 58.3 Å². The molecule has 106 valence electrons. The maximum Gasteiger partial charge on any atom is 0.240 e. The van der Waals surface area contributed by atoms with E-state index in [2.05, 4.69) is 4.72 Å². The van der Waals surface area contributed by atoms with Crippen LogP contribution < -0.4 is 10.5 Å². The van der Waals surface area contributed by atoms with Crippen molar-refractivity contribution in [1.29, 1.82) is 0 Å². The summed E-state index contributed by atoms with van der Waals surface area (Å²) in [6.07, 6.45) is 0. The van der Waals surface area contributed by atoms with Crippen molar-refractivity contribution >= 4 is 27.5 Å². The third kappa shape index (κ3) is 3.53. The van der Waals surface area contributed by atoms with E-state index >= 15 is 0 Å². The van der Waals surface area contributed by atoms with Crippen molar-refractivity contribution in [3.63, 3.8) is 0 Å². The average Bonchev–Trinajstić information content (AvgIpc) is 2.47. The van der Waals surface area contributed by atoms with E-state index in [0.717, 1.165) is 10.6 Å². The molecule has 0 fully saturated rings. The predicted octanol–water partition coefficient (Wildman–Crippen LogP) is 2.47. The fourth-order valence-corrected chi connectivity index (χ4v) is 3.35. The summed E-state index contributed by atoms with van der Waals surface area (Å²) in [6, 6.07) is 14.8. The number of nitrogens with one attached hydrogen (secondary N) is 1. The largest absolute Gasteiger partial charge is 0.398 e. The lowest BCUT2D eigenvalue weighted by Gasteiger charge is -2.08. The van der Waals surface area contributed by atoms with Crippen molar-refractivity contribution in [1.82, 2.24) is 4.72 Å². The number of hydrogen-bond donors (Lipinski definition) is 2. The highest BCUT2D eigenvalue weighted by Crippen LogP contribution is 2.29. The van der Waals surface area contributed by atoms with Crippen molar-refractivity contribution in [3.05, 3.63) is 54.1 Å². The first kappa shape index (κ1) is 14.9. The number of anilines is 1. The van der Waals surface area contributed by atoms with Gasteiger partial charge in [0.2, 0.25) is 10.0 Å². The summed E-state index contributed by atoms with van der Waals surface area (Å²) in [7, 11) is -2.07. The monoisotopic (exact) mass is 308 g/mol. The fraction of sp³-hybridized carbons (Fsp3) is 0.143. The molecule has 2 aromatic rings. The van der Waals surface area contributed by atoms with E-state index in [4.69, 9.17) is 5.73 Å². The van der Waals surface area contributed by atoms with Gasteiger partial charge in [-0.15, -0.1) is 11.8 Å². The Morgan fingerprint density at radius 2 is 1.85 bits per heavy atom. The normalized spacial score (nSPS) is 11.4. The topological polar surface area (TPSA) is 72.2 Å². The molecule has 2 rings (SSSR count). The van der Waals surface area contributed by atoms with Crippen LogP contribution in [-0.2, 0) is 15.8 Å². The second kappa shape index (κ2) is 6.30. The van der Waals surface area contributed by atoms with Gasteiger partial charge in [-0.1, -0.05) is 30.3 Å². The Bertz CT molecular complexity index is 686. The molecular formula is C14H16N2O2S2. The van der Waals surface area contributed by atoms with Crippen LogP contribution in [0.2, 0.25) is 0 Å². The first-order valence-electron chi connectivity index (χ1n) is 6.03. The highest BCUT2D eigenvalue weighted by molar-refractivity contribution is 7.98. The van der Waals surface area contributed by atoms with Gasteiger partial charge in [0.05, 0.1) is 4.90 Å². The molecule has 0 atom stereocenters. The molecule has 0 unspecified atom stereocenters. The summed E-state index contributed by atoms with van der Waals surface area (Å²) in [6.45, 7) is 0. The van der Waals surface area contributed by atoms with E-state index in [1.54, 1.807) is 23.9 Å². The summed E-state index contributed by atoms with van der Waals surface area (Å²) in [5.41, 5.74) is 7.60. The summed E-state index contributed by atoms with van der Waals surface area (Å²) in [5.74, 6) is 0.795. The molecule has 0 saturated heterocycles. The maximum atomic E-state index is 11.7. The second-order valence-electron chi connectivity index (χ2n) is 4.18. The van der Waals surface area contributed by atoms with Gasteiger partial charge in [0, 0.05) is 16.3 Å². The molecule has 6 heteroatoms. The molecule has 0 bridgehead atoms. The molecule has 2 aromatic carbocycles. The van der Waals surface area contributed by atoms with Gasteiger partial charge in [0.25, 0.3) is 0 Å². The van der Waals surface area contributed by atoms with Crippen LogP contribution in [0, 0.1) is 0 Å². The van der Waals surface area contributed by atoms with Crippen molar-refractivity contribution in [3.8, 4) is 0 Å². The molecule has 0 aliphatic carbocycles. The summed E-state index contributed by atoms with van der Waals surface area (Å²) in [4.78, 5) is 1.06. The van der Waals surface area contributed by atoms with Crippen LogP contribution in [0.1, 0.15) is 5.56 Å². The van der Waals surface area contributed by atoms with Crippen molar-refractivity contribution in [2.24, 2.45) is 0 Å². The molecule has 3 N–H and O–H groups in total. The number of benzene rings is 2. The molecule has 0 amide bonds. The second-order valence-corrected chi connectivity index (χ2v) is 7.09. The van der Waals surface area contributed by atoms with Crippen LogP contribution in [0.3, 0.4) is 0 Å². The average molecular weight is 308 g/mol. The van der Waals surface area contributed by atoms with E-state index in [1.807, 2.05) is 30.3 Å². The van der Waals surface area contributed by atoms with E-state index in [0.29, 0.717) is 5.69 Å². The molecule has 0 aromatic heterocycles. The lowest BCUT2D eigenvalue weighted by atomic mass is 10.2. The number of thioether (sulfide) groups is 1. The standard InChI is InChI=1S/C14H16N2O2S2/c1-16-20(17,18)12-7-8-14(13(15)9-12)19-10-11-5-3-2-4-6-11/h2-9,16H,10,15H2,1H3. The lowest BCUT2D eigenvalue weighted by molar-refractivity contribution is 0.588. The van der Waals surface area contributed by atoms with Crippen molar-refractivity contribution < 1.29 is 8.42 Å². The van der Waals surface area contributed by atoms with Gasteiger partial charge in [0.1, 0.15) is 0 Å². The number of nitrogens with two attached hydrogens (primary N) is 1. The molecule has 0 spiro atoms. The number of sulfonamides is 1. The SMILES string of the molecule is CNS(=O)(=O)c1ccc(SCc2ccccc2)c(N)c1. The maximum absolute atomic E-state index is 11.7. The molecule has 0 aliphatic heterocycles. The van der Waals surface area contributed by atoms with Gasteiger partial charge in [-0.2, -0.15) is 0 Å². The summed E-state index contributed by atoms with van der Waals surface area (Å²) < 4.78 is 25.6. The molecule has 0 heterocycles. The van der Waals surface area contributed by atoms with Gasteiger partial charge in [0.15, 0.2) is 0 Å². The number of nitrogen functional groups attached to an aromatic ring is 1. The van der Waals surface area contributed by atoms with Gasteiger partial charge < -0.3 is 5.73 Å². The van der Waals surface area contributed by atoms with Crippen molar-refractivity contribution in [2.45, 2.75) is 15.5 Å². The number of hydrogen-bond acceptors (Lipinski definition) is 4. The fourth-order valence-electron chi connectivity index (χ4n) is 1.68. The van der Waals surface area contributed by atoms with Crippen molar-refractivity contribution in [2.75, 3.05) is 12.8 Å². The van der Waals surface area contributed by atoms with E-state index in [9.17, 15) is 8.42 Å². The van der Waals surface area contributed by atoms with E-state index < -0.39 is 10.0 Å². The molecule has 0 saturated carbocycles. The zero-order valence-electron chi connectivity index (χ0n) is 11.0. The van der Waals surface area contributed by atoms with Gasteiger partial charge in [-0.3, -0.25) is 0 Å². The van der Waals surface area contributed by atoms with E-state index in [1.165, 1.54) is 18.7 Å². The Kier molecular flexibility index (Phi) is 4.69. The van der Waals surface area contributed by atoms with Gasteiger partial charge in [-0.25, -0.2) is 13.1 Å². The minimum atomic E-state index is -3.44. The smallest absolute Gasteiger partial charge is 0.240 e. The van der Waals surface area contributed by atoms with Gasteiger partial charge in [-0.05, 0) is 30.8 Å². The molecule has 0 aliphatic rings. The third-order valence-corrected chi connectivity index (χ3v) is 5.37. The van der Waals surface area contributed by atoms with Crippen LogP contribution in [0.25, 0.3) is 0 Å². The first-order chi connectivity index (χ1) is 9.53. The summed E-state index contributed by atoms with van der Waals surface area (Å²) in [5, 5.41) is 0. The van der Waals surface area contributed by atoms with Crippen LogP contribution >= 0.6 is 11.8 Å². The Hall–Kier alpha value is -1.50. The van der Waals surface area contributed by atoms with Crippen LogP contribution in [0.4, 0.5) is 5.69 Å². The van der Waals surface area contributed by atoms with E-state index in [-0.39, 0.29) is 4.90 Å². The lowest BCUT2D eigenvalue weighted by Crippen LogP contribution is -2.18. The highest BCUT2D eigenvalue weighted by atomic mass is 32.2. The quantitative estimate of drug-likeness (QED) is 0.657. The van der Waals surface area contributed by atoms with Crippen LogP contribution in [-0.4, -0.2) is 15.5 Å².